The van der Waals surface area contributed by atoms with Crippen LogP contribution in [0, 0.1) is 0 Å². The summed E-state index contributed by atoms with van der Waals surface area (Å²) in [7, 11) is 0. The van der Waals surface area contributed by atoms with Gasteiger partial charge >= 0.3 is 5.97 Å². The first-order valence-corrected chi connectivity index (χ1v) is 9.54. The molecule has 0 radical (unpaired) electrons. The number of benzene rings is 3. The average molecular weight is 443 g/mol. The van der Waals surface area contributed by atoms with Gasteiger partial charge in [0.05, 0.1) is 16.8 Å². The van der Waals surface area contributed by atoms with Crippen molar-refractivity contribution in [3.05, 3.63) is 94.0 Å². The molecule has 0 unspecified atom stereocenters. The molecular formula is C22H16Cl2N2O4. The second-order valence-electron chi connectivity index (χ2n) is 5.98. The summed E-state index contributed by atoms with van der Waals surface area (Å²) in [4.78, 5) is 24.1. The number of hydrogen-bond donors (Lipinski definition) is 1. The topological polar surface area (TPSA) is 77.0 Å². The standard InChI is InChI=1S/C22H16Cl2N2O4/c23-16-8-10-17(11-9-16)29-14-21(27)26-25-13-15-4-3-5-18(12-15)30-22(28)19-6-1-2-7-20(19)24/h1-13H,14H2,(H,26,27)/b25-13+. The summed E-state index contributed by atoms with van der Waals surface area (Å²) in [5.74, 6) is -0.155. The second kappa shape index (κ2) is 10.4. The normalized spacial score (nSPS) is 10.6. The maximum absolute atomic E-state index is 12.2. The number of amides is 1. The zero-order valence-electron chi connectivity index (χ0n) is 15.5. The first-order valence-electron chi connectivity index (χ1n) is 8.78. The van der Waals surface area contributed by atoms with E-state index in [0.717, 1.165) is 0 Å². The van der Waals surface area contributed by atoms with E-state index in [0.29, 0.717) is 27.1 Å². The lowest BCUT2D eigenvalue weighted by molar-refractivity contribution is -0.123. The number of carbonyl (C=O) groups is 2. The molecule has 0 bridgehead atoms. The smallest absolute Gasteiger partial charge is 0.345 e. The van der Waals surface area contributed by atoms with Crippen molar-refractivity contribution in [2.45, 2.75) is 0 Å². The maximum atomic E-state index is 12.2. The van der Waals surface area contributed by atoms with Crippen LogP contribution in [0.15, 0.2) is 77.9 Å². The predicted octanol–water partition coefficient (Wildman–Crippen LogP) is 4.74. The lowest BCUT2D eigenvalue weighted by Crippen LogP contribution is -2.24. The highest BCUT2D eigenvalue weighted by molar-refractivity contribution is 6.33. The number of hydrogen-bond acceptors (Lipinski definition) is 5. The molecular weight excluding hydrogens is 427 g/mol. The van der Waals surface area contributed by atoms with E-state index in [2.05, 4.69) is 10.5 Å². The number of esters is 1. The summed E-state index contributed by atoms with van der Waals surface area (Å²) in [6.07, 6.45) is 1.42. The molecule has 3 rings (SSSR count). The molecule has 0 aliphatic carbocycles. The first-order chi connectivity index (χ1) is 14.5. The molecule has 0 fully saturated rings. The Hall–Kier alpha value is -3.35. The summed E-state index contributed by atoms with van der Waals surface area (Å²) in [5, 5.41) is 4.76. The Balaban J connectivity index is 1.52. The minimum absolute atomic E-state index is 0.200. The summed E-state index contributed by atoms with van der Waals surface area (Å²) in [6.45, 7) is -0.200. The summed E-state index contributed by atoms with van der Waals surface area (Å²) in [5.41, 5.74) is 3.25. The van der Waals surface area contributed by atoms with E-state index in [4.69, 9.17) is 32.7 Å². The lowest BCUT2D eigenvalue weighted by Gasteiger charge is -2.06. The monoisotopic (exact) mass is 442 g/mol. The SMILES string of the molecule is O=C(COc1ccc(Cl)cc1)N/N=C/c1cccc(OC(=O)c2ccccc2Cl)c1. The van der Waals surface area contributed by atoms with Crippen LogP contribution in [-0.2, 0) is 4.79 Å². The van der Waals surface area contributed by atoms with E-state index in [1.54, 1.807) is 72.8 Å². The van der Waals surface area contributed by atoms with Crippen molar-refractivity contribution in [3.8, 4) is 11.5 Å². The molecule has 0 aliphatic rings. The molecule has 3 aromatic rings. The van der Waals surface area contributed by atoms with E-state index < -0.39 is 11.9 Å². The van der Waals surface area contributed by atoms with Gasteiger partial charge in [0.2, 0.25) is 0 Å². The van der Waals surface area contributed by atoms with Crippen molar-refractivity contribution in [2.75, 3.05) is 6.61 Å². The highest BCUT2D eigenvalue weighted by Gasteiger charge is 2.12. The Morgan fingerprint density at radius 3 is 2.47 bits per heavy atom. The Morgan fingerprint density at radius 2 is 1.70 bits per heavy atom. The van der Waals surface area contributed by atoms with Crippen molar-refractivity contribution in [3.63, 3.8) is 0 Å². The third-order valence-corrected chi connectivity index (χ3v) is 4.33. The molecule has 1 amide bonds. The van der Waals surface area contributed by atoms with Crippen molar-refractivity contribution < 1.29 is 19.1 Å². The molecule has 8 heteroatoms. The highest BCUT2D eigenvalue weighted by atomic mass is 35.5. The Morgan fingerprint density at radius 1 is 0.933 bits per heavy atom. The van der Waals surface area contributed by atoms with E-state index in [1.165, 1.54) is 6.21 Å². The van der Waals surface area contributed by atoms with Crippen molar-refractivity contribution in [2.24, 2.45) is 5.10 Å². The molecule has 0 aromatic heterocycles. The third-order valence-electron chi connectivity index (χ3n) is 3.75. The largest absolute Gasteiger partial charge is 0.484 e. The van der Waals surface area contributed by atoms with Crippen LogP contribution in [0.4, 0.5) is 0 Å². The van der Waals surface area contributed by atoms with Crippen LogP contribution in [0.1, 0.15) is 15.9 Å². The van der Waals surface area contributed by atoms with Gasteiger partial charge in [0.25, 0.3) is 5.91 Å². The van der Waals surface area contributed by atoms with E-state index in [1.807, 2.05) is 0 Å². The fourth-order valence-corrected chi connectivity index (χ4v) is 2.68. The van der Waals surface area contributed by atoms with Gasteiger partial charge in [-0.15, -0.1) is 0 Å². The Bertz CT molecular complexity index is 1070. The fraction of sp³-hybridized carbons (Fsp3) is 0.0455. The van der Waals surface area contributed by atoms with Crippen LogP contribution in [0.25, 0.3) is 0 Å². The number of nitrogens with zero attached hydrogens (tertiary/aromatic N) is 1. The number of hydrazone groups is 1. The second-order valence-corrected chi connectivity index (χ2v) is 6.82. The van der Waals surface area contributed by atoms with Gasteiger partial charge in [-0.3, -0.25) is 4.79 Å². The van der Waals surface area contributed by atoms with Gasteiger partial charge in [0.1, 0.15) is 11.5 Å². The van der Waals surface area contributed by atoms with Crippen LogP contribution in [0.5, 0.6) is 11.5 Å². The Labute approximate surface area is 183 Å². The van der Waals surface area contributed by atoms with Gasteiger partial charge in [-0.05, 0) is 54.1 Å². The molecule has 0 spiro atoms. The number of halogens is 2. The minimum atomic E-state index is -0.567. The molecule has 30 heavy (non-hydrogen) atoms. The summed E-state index contributed by atoms with van der Waals surface area (Å²) in [6, 6.07) is 19.9. The molecule has 152 valence electrons. The first kappa shape index (κ1) is 21.4. The molecule has 0 aliphatic heterocycles. The fourth-order valence-electron chi connectivity index (χ4n) is 2.34. The van der Waals surface area contributed by atoms with E-state index in [-0.39, 0.29) is 12.2 Å². The van der Waals surface area contributed by atoms with Gasteiger partial charge in [0, 0.05) is 5.02 Å². The number of ether oxygens (including phenoxy) is 2. The van der Waals surface area contributed by atoms with Crippen LogP contribution in [-0.4, -0.2) is 24.7 Å². The number of carbonyl (C=O) groups excluding carboxylic acids is 2. The van der Waals surface area contributed by atoms with Crippen molar-refractivity contribution in [1.29, 1.82) is 0 Å². The van der Waals surface area contributed by atoms with Crippen LogP contribution in [0.2, 0.25) is 10.0 Å². The zero-order valence-corrected chi connectivity index (χ0v) is 17.1. The predicted molar refractivity (Wildman–Crippen MR) is 116 cm³/mol. The van der Waals surface area contributed by atoms with Gasteiger partial charge < -0.3 is 9.47 Å². The number of nitrogens with one attached hydrogen (secondary N) is 1. The molecule has 3 aromatic carbocycles. The van der Waals surface area contributed by atoms with Crippen molar-refractivity contribution in [1.82, 2.24) is 5.43 Å². The van der Waals surface area contributed by atoms with E-state index in [9.17, 15) is 9.59 Å². The van der Waals surface area contributed by atoms with Crippen LogP contribution < -0.4 is 14.9 Å². The maximum Gasteiger partial charge on any atom is 0.345 e. The van der Waals surface area contributed by atoms with Gasteiger partial charge in [-0.2, -0.15) is 5.10 Å². The average Bonchev–Trinajstić information content (AvgIpc) is 2.74. The lowest BCUT2D eigenvalue weighted by atomic mass is 10.2. The van der Waals surface area contributed by atoms with Gasteiger partial charge in [-0.25, -0.2) is 10.2 Å². The molecule has 0 saturated carbocycles. The third kappa shape index (κ3) is 6.34. The minimum Gasteiger partial charge on any atom is -0.484 e. The van der Waals surface area contributed by atoms with Crippen LogP contribution in [0.3, 0.4) is 0 Å². The van der Waals surface area contributed by atoms with Gasteiger partial charge in [-0.1, -0.05) is 47.5 Å². The molecule has 0 heterocycles. The van der Waals surface area contributed by atoms with Crippen molar-refractivity contribution >= 4 is 41.3 Å². The quantitative estimate of drug-likeness (QED) is 0.248. The highest BCUT2D eigenvalue weighted by Crippen LogP contribution is 2.19. The Kier molecular flexibility index (Phi) is 7.43. The van der Waals surface area contributed by atoms with E-state index >= 15 is 0 Å². The molecule has 0 atom stereocenters. The summed E-state index contributed by atoms with van der Waals surface area (Å²) >= 11 is 11.8. The van der Waals surface area contributed by atoms with Gasteiger partial charge in [0.15, 0.2) is 6.61 Å². The summed E-state index contributed by atoms with van der Waals surface area (Å²) < 4.78 is 10.7. The molecule has 1 N–H and O–H groups in total. The van der Waals surface area contributed by atoms with Crippen LogP contribution >= 0.6 is 23.2 Å². The molecule has 0 saturated heterocycles. The zero-order chi connectivity index (χ0) is 21.3. The number of rotatable bonds is 7. The molecule has 6 nitrogen and oxygen atoms in total.